The quantitative estimate of drug-likeness (QED) is 0.0647. The number of guanidine groups is 2. The molecule has 0 atom stereocenters. The van der Waals surface area contributed by atoms with Crippen LogP contribution in [0.1, 0.15) is 52.8 Å². The molecule has 0 spiro atoms. The molecule has 0 saturated carbocycles. The molecule has 0 fully saturated rings. The molecular weight excluding hydrogens is 368 g/mol. The van der Waals surface area contributed by atoms with Crippen molar-refractivity contribution < 1.29 is 13.8 Å². The number of unbranched alkanes of at least 4 members (excludes halogenated alkanes) is 6. The third-order valence-electron chi connectivity index (χ3n) is 3.19. The zero-order chi connectivity index (χ0) is 19.9. The van der Waals surface area contributed by atoms with E-state index in [-0.39, 0.29) is 25.8 Å². The summed E-state index contributed by atoms with van der Waals surface area (Å²) in [5.74, 6) is 0.303. The van der Waals surface area contributed by atoms with Crippen molar-refractivity contribution in [3.8, 4) is 12.4 Å². The molecule has 0 aliphatic carbocycles. The van der Waals surface area contributed by atoms with Gasteiger partial charge in [-0.15, -0.1) is 4.99 Å². The molecule has 0 aromatic carbocycles. The summed E-state index contributed by atoms with van der Waals surface area (Å²) in [6, 6.07) is 0. The van der Waals surface area contributed by atoms with E-state index >= 15 is 0 Å². The fourth-order valence-corrected chi connectivity index (χ4v) is 1.84. The lowest BCUT2D eigenvalue weighted by Crippen LogP contribution is -3.00. The molecule has 0 aliphatic rings. The van der Waals surface area contributed by atoms with Crippen LogP contribution in [0, 0.1) is 22.9 Å². The van der Waals surface area contributed by atoms with Crippen molar-refractivity contribution in [2.45, 2.75) is 51.4 Å². The van der Waals surface area contributed by atoms with Crippen LogP contribution in [-0.4, -0.2) is 38.1 Å². The average molecular weight is 403 g/mol. The Hall–Kier alpha value is -2.27. The fourth-order valence-electron chi connectivity index (χ4n) is 1.84. The SMILES string of the molecule is N#CN=C(N)NCCCCCCN=C(N)NC#N.NCCCCCCN.[Cl-].[H+]. The summed E-state index contributed by atoms with van der Waals surface area (Å²) in [6.45, 7) is 2.94. The highest BCUT2D eigenvalue weighted by Gasteiger charge is 1.93. The number of rotatable bonds is 12. The van der Waals surface area contributed by atoms with Gasteiger partial charge >= 0.3 is 1.43 Å². The molecule has 0 rings (SSSR count). The third kappa shape index (κ3) is 28.8. The van der Waals surface area contributed by atoms with E-state index in [4.69, 9.17) is 33.5 Å². The molecule has 0 bridgehead atoms. The Kier molecular flexibility index (Phi) is 28.4. The van der Waals surface area contributed by atoms with Crippen LogP contribution in [0.15, 0.2) is 9.98 Å². The Bertz CT molecular complexity index is 453. The highest BCUT2D eigenvalue weighted by Crippen LogP contribution is 1.99. The van der Waals surface area contributed by atoms with Crippen molar-refractivity contribution in [2.24, 2.45) is 32.9 Å². The molecule has 0 heterocycles. The van der Waals surface area contributed by atoms with Gasteiger partial charge < -0.3 is 40.7 Å². The van der Waals surface area contributed by atoms with Crippen molar-refractivity contribution >= 4 is 11.9 Å². The lowest BCUT2D eigenvalue weighted by atomic mass is 10.2. The number of halogens is 1. The standard InChI is InChI=1S/C10H18N8.C6H16N2.ClH/c11-7-17-9(13)15-5-3-1-2-4-6-16-10(14)18-8-12;7-5-3-1-2-4-6-8;/h1-6H2,(H3,13,15,17)(H3,14,16,18);1-8H2;1H. The predicted molar refractivity (Wildman–Crippen MR) is 107 cm³/mol. The van der Waals surface area contributed by atoms with Crippen LogP contribution in [0.5, 0.6) is 0 Å². The average Bonchev–Trinajstić information content (AvgIpc) is 2.62. The van der Waals surface area contributed by atoms with Gasteiger partial charge in [-0.2, -0.15) is 10.5 Å². The smallest absolute Gasteiger partial charge is 1.00 e. The van der Waals surface area contributed by atoms with Crippen LogP contribution in [0.25, 0.3) is 0 Å². The van der Waals surface area contributed by atoms with E-state index in [1.165, 1.54) is 12.8 Å². The first-order valence-corrected chi connectivity index (χ1v) is 8.93. The topological polar surface area (TPSA) is 200 Å². The Morgan fingerprint density at radius 2 is 1.41 bits per heavy atom. The predicted octanol–water partition coefficient (Wildman–Crippen LogP) is -3.10. The maximum Gasteiger partial charge on any atom is 1.00 e. The molecule has 0 aromatic rings. The highest BCUT2D eigenvalue weighted by atomic mass is 35.5. The van der Waals surface area contributed by atoms with Gasteiger partial charge in [0.2, 0.25) is 18.1 Å². The molecule has 27 heavy (non-hydrogen) atoms. The van der Waals surface area contributed by atoms with E-state index < -0.39 is 0 Å². The van der Waals surface area contributed by atoms with Gasteiger partial charge in [0.25, 0.3) is 0 Å². The number of nitrogens with one attached hydrogen (secondary N) is 2. The van der Waals surface area contributed by atoms with E-state index in [1.54, 1.807) is 12.4 Å². The summed E-state index contributed by atoms with van der Waals surface area (Å²) in [7, 11) is 0. The van der Waals surface area contributed by atoms with Crippen molar-refractivity contribution in [1.29, 1.82) is 10.5 Å². The molecule has 11 heteroatoms. The van der Waals surface area contributed by atoms with E-state index in [0.29, 0.717) is 13.1 Å². The summed E-state index contributed by atoms with van der Waals surface area (Å²) in [5, 5.41) is 21.5. The molecule has 0 aromatic heterocycles. The van der Waals surface area contributed by atoms with Crippen molar-refractivity contribution in [1.82, 2.24) is 10.6 Å². The molecule has 0 amide bonds. The Morgan fingerprint density at radius 1 is 0.852 bits per heavy atom. The second-order valence-electron chi connectivity index (χ2n) is 5.43. The van der Waals surface area contributed by atoms with Crippen molar-refractivity contribution in [2.75, 3.05) is 26.2 Å². The van der Waals surface area contributed by atoms with Gasteiger partial charge in [-0.05, 0) is 38.8 Å². The fraction of sp³-hybridized carbons (Fsp3) is 0.750. The van der Waals surface area contributed by atoms with Gasteiger partial charge in [-0.3, -0.25) is 10.3 Å². The summed E-state index contributed by atoms with van der Waals surface area (Å²) in [4.78, 5) is 7.29. The van der Waals surface area contributed by atoms with Crippen molar-refractivity contribution in [3.63, 3.8) is 0 Å². The summed E-state index contributed by atoms with van der Waals surface area (Å²) < 4.78 is 0. The van der Waals surface area contributed by atoms with Gasteiger partial charge in [0.1, 0.15) is 0 Å². The number of aliphatic imine (C=N–C) groups is 2. The molecular formula is C16H35ClN10. The van der Waals surface area contributed by atoms with Crippen LogP contribution >= 0.6 is 0 Å². The third-order valence-corrected chi connectivity index (χ3v) is 3.19. The zero-order valence-corrected chi connectivity index (χ0v) is 16.7. The Morgan fingerprint density at radius 3 is 1.93 bits per heavy atom. The van der Waals surface area contributed by atoms with Crippen LogP contribution in [0.4, 0.5) is 0 Å². The number of nitrogens with two attached hydrogens (primary N) is 4. The lowest BCUT2D eigenvalue weighted by molar-refractivity contribution is -0.00000685. The number of nitrogens with zero attached hydrogens (tertiary/aromatic N) is 4. The molecule has 10 N–H and O–H groups in total. The Labute approximate surface area is 170 Å². The molecule has 0 aliphatic heterocycles. The minimum atomic E-state index is 0. The van der Waals surface area contributed by atoms with E-state index in [2.05, 4.69) is 20.6 Å². The van der Waals surface area contributed by atoms with Crippen LogP contribution in [-0.2, 0) is 0 Å². The monoisotopic (exact) mass is 402 g/mol. The Balaban J connectivity index is -0.000000246. The summed E-state index contributed by atoms with van der Waals surface area (Å²) in [6.07, 6.45) is 12.0. The van der Waals surface area contributed by atoms with E-state index in [9.17, 15) is 0 Å². The molecule has 10 nitrogen and oxygen atoms in total. The largest absolute Gasteiger partial charge is 1.00 e. The molecule has 156 valence electrons. The maximum atomic E-state index is 8.25. The van der Waals surface area contributed by atoms with Crippen molar-refractivity contribution in [3.05, 3.63) is 0 Å². The first-order valence-electron chi connectivity index (χ1n) is 8.93. The van der Waals surface area contributed by atoms with Gasteiger partial charge in [-0.25, -0.2) is 0 Å². The van der Waals surface area contributed by atoms with Gasteiger partial charge in [0.05, 0.1) is 0 Å². The first kappa shape index (κ1) is 29.5. The van der Waals surface area contributed by atoms with E-state index in [1.807, 2.05) is 0 Å². The minimum absolute atomic E-state index is 0. The number of nitriles is 2. The van der Waals surface area contributed by atoms with Crippen LogP contribution < -0.4 is 46.0 Å². The number of hydrogen-bond donors (Lipinski definition) is 6. The minimum Gasteiger partial charge on any atom is -1.00 e. The van der Waals surface area contributed by atoms with Gasteiger partial charge in [-0.1, -0.05) is 25.7 Å². The number of hydrogen-bond acceptors (Lipinski definition) is 6. The first-order chi connectivity index (χ1) is 12.6. The van der Waals surface area contributed by atoms with E-state index in [0.717, 1.165) is 51.6 Å². The lowest BCUT2D eigenvalue weighted by Gasteiger charge is -2.03. The zero-order valence-electron chi connectivity index (χ0n) is 17.0. The maximum absolute atomic E-state index is 8.25. The normalized spacial score (nSPS) is 10.5. The van der Waals surface area contributed by atoms with Crippen LogP contribution in [0.3, 0.4) is 0 Å². The summed E-state index contributed by atoms with van der Waals surface area (Å²) >= 11 is 0. The molecule has 0 saturated heterocycles. The molecule has 0 unspecified atom stereocenters. The second kappa shape index (κ2) is 26.0. The molecule has 0 radical (unpaired) electrons. The van der Waals surface area contributed by atoms with Crippen LogP contribution in [0.2, 0.25) is 0 Å². The highest BCUT2D eigenvalue weighted by molar-refractivity contribution is 5.79. The second-order valence-corrected chi connectivity index (χ2v) is 5.43. The van der Waals surface area contributed by atoms with Gasteiger partial charge in [0, 0.05) is 13.1 Å². The summed E-state index contributed by atoms with van der Waals surface area (Å²) in [5.41, 5.74) is 21.3. The van der Waals surface area contributed by atoms with Gasteiger partial charge in [0.15, 0.2) is 6.19 Å².